The van der Waals surface area contributed by atoms with Gasteiger partial charge in [0.05, 0.1) is 23.5 Å². The summed E-state index contributed by atoms with van der Waals surface area (Å²) >= 11 is 0. The first kappa shape index (κ1) is 16.6. The van der Waals surface area contributed by atoms with Crippen LogP contribution in [0.1, 0.15) is 35.6 Å². The van der Waals surface area contributed by atoms with Crippen molar-refractivity contribution in [2.45, 2.75) is 25.4 Å². The van der Waals surface area contributed by atoms with Gasteiger partial charge in [0.15, 0.2) is 0 Å². The summed E-state index contributed by atoms with van der Waals surface area (Å²) in [6.45, 7) is 1.97. The third kappa shape index (κ3) is 3.14. The molecule has 4 rings (SSSR count). The molecular formula is C20H18FN3O2. The molecule has 1 N–H and O–H groups in total. The number of nitrogens with one attached hydrogen (secondary N) is 1. The molecule has 0 atom stereocenters. The molecule has 2 aromatic heterocycles. The molecule has 0 saturated carbocycles. The number of nitriles is 1. The van der Waals surface area contributed by atoms with Gasteiger partial charge in [0.25, 0.3) is 0 Å². The van der Waals surface area contributed by atoms with Crippen LogP contribution < -0.4 is 10.1 Å². The van der Waals surface area contributed by atoms with E-state index in [4.69, 9.17) is 14.4 Å². The Morgan fingerprint density at radius 1 is 1.31 bits per heavy atom. The van der Waals surface area contributed by atoms with Crippen molar-refractivity contribution in [1.82, 2.24) is 10.3 Å². The maximum Gasteiger partial charge on any atom is 0.213 e. The van der Waals surface area contributed by atoms with Gasteiger partial charge in [-0.2, -0.15) is 5.26 Å². The third-order valence-corrected chi connectivity index (χ3v) is 4.78. The van der Waals surface area contributed by atoms with E-state index in [1.54, 1.807) is 12.1 Å². The van der Waals surface area contributed by atoms with Crippen molar-refractivity contribution in [3.8, 4) is 11.9 Å². The Bertz CT molecular complexity index is 971. The Kier molecular flexibility index (Phi) is 4.55. The Morgan fingerprint density at radius 2 is 2.15 bits per heavy atom. The topological polar surface area (TPSA) is 71.1 Å². The largest absolute Gasteiger partial charge is 0.473 e. The molecule has 5 nitrogen and oxygen atoms in total. The van der Waals surface area contributed by atoms with Gasteiger partial charge in [-0.25, -0.2) is 9.37 Å². The van der Waals surface area contributed by atoms with Crippen LogP contribution in [0.5, 0.6) is 5.88 Å². The highest BCUT2D eigenvalue weighted by Gasteiger charge is 2.18. The van der Waals surface area contributed by atoms with Gasteiger partial charge in [0, 0.05) is 23.1 Å². The summed E-state index contributed by atoms with van der Waals surface area (Å²) in [5.41, 5.74) is 1.89. The molecule has 3 heterocycles. The zero-order valence-electron chi connectivity index (χ0n) is 14.2. The SMILES string of the molecule is N#Cc1cc(F)c(COc2cccc(C3CCNCC3)n2)c2occc12. The number of ether oxygens (including phenoxy) is 1. The third-order valence-electron chi connectivity index (χ3n) is 4.78. The second-order valence-electron chi connectivity index (χ2n) is 6.37. The maximum absolute atomic E-state index is 14.4. The number of piperidine rings is 1. The molecule has 0 amide bonds. The number of furan rings is 1. The molecule has 0 spiro atoms. The smallest absolute Gasteiger partial charge is 0.213 e. The van der Waals surface area contributed by atoms with Gasteiger partial charge in [0.2, 0.25) is 5.88 Å². The molecule has 0 unspecified atom stereocenters. The number of aromatic nitrogens is 1. The first-order valence-corrected chi connectivity index (χ1v) is 8.65. The second kappa shape index (κ2) is 7.14. The average molecular weight is 351 g/mol. The number of fused-ring (bicyclic) bond motifs is 1. The number of rotatable bonds is 4. The van der Waals surface area contributed by atoms with Gasteiger partial charge in [-0.1, -0.05) is 6.07 Å². The molecule has 0 bridgehead atoms. The molecule has 26 heavy (non-hydrogen) atoms. The van der Waals surface area contributed by atoms with Crippen molar-refractivity contribution in [1.29, 1.82) is 5.26 Å². The van der Waals surface area contributed by atoms with Gasteiger partial charge in [-0.05, 0) is 44.1 Å². The Hall–Kier alpha value is -2.91. The van der Waals surface area contributed by atoms with Gasteiger partial charge in [0.1, 0.15) is 18.0 Å². The first-order valence-electron chi connectivity index (χ1n) is 8.65. The van der Waals surface area contributed by atoms with Crippen molar-refractivity contribution in [3.63, 3.8) is 0 Å². The van der Waals surface area contributed by atoms with E-state index in [0.717, 1.165) is 31.6 Å². The number of hydrogen-bond donors (Lipinski definition) is 1. The Labute approximate surface area is 150 Å². The van der Waals surface area contributed by atoms with E-state index < -0.39 is 5.82 Å². The standard InChI is InChI=1S/C20H18FN3O2/c21-17-10-14(11-22)15-6-9-25-20(15)16(17)12-26-19-3-1-2-18(24-19)13-4-7-23-8-5-13/h1-3,6,9-10,13,23H,4-5,7-8,12H2. The fourth-order valence-electron chi connectivity index (χ4n) is 3.38. The van der Waals surface area contributed by atoms with Gasteiger partial charge < -0.3 is 14.5 Å². The minimum atomic E-state index is -0.515. The van der Waals surface area contributed by atoms with Crippen LogP contribution in [0.4, 0.5) is 4.39 Å². The summed E-state index contributed by atoms with van der Waals surface area (Å²) in [7, 11) is 0. The van der Waals surface area contributed by atoms with Gasteiger partial charge in [-0.15, -0.1) is 0 Å². The molecule has 132 valence electrons. The summed E-state index contributed by atoms with van der Waals surface area (Å²) < 4.78 is 25.5. The molecule has 1 fully saturated rings. The zero-order valence-corrected chi connectivity index (χ0v) is 14.2. The van der Waals surface area contributed by atoms with Crippen LogP contribution in [0, 0.1) is 17.1 Å². The molecule has 3 aromatic rings. The number of benzene rings is 1. The van der Waals surface area contributed by atoms with Crippen molar-refractivity contribution in [2.75, 3.05) is 13.1 Å². The lowest BCUT2D eigenvalue weighted by Crippen LogP contribution is -2.27. The summed E-state index contributed by atoms with van der Waals surface area (Å²) in [5, 5.41) is 13.1. The molecule has 1 aliphatic heterocycles. The summed E-state index contributed by atoms with van der Waals surface area (Å²) in [6, 6.07) is 10.6. The Balaban J connectivity index is 1.56. The van der Waals surface area contributed by atoms with E-state index in [1.807, 2.05) is 18.2 Å². The van der Waals surface area contributed by atoms with E-state index in [2.05, 4.69) is 10.3 Å². The molecule has 1 aliphatic rings. The molecule has 0 radical (unpaired) electrons. The van der Waals surface area contributed by atoms with Gasteiger partial charge >= 0.3 is 0 Å². The number of nitrogens with zero attached hydrogens (tertiary/aromatic N) is 2. The van der Waals surface area contributed by atoms with Crippen LogP contribution in [0.25, 0.3) is 11.0 Å². The Morgan fingerprint density at radius 3 is 2.96 bits per heavy atom. The highest BCUT2D eigenvalue weighted by molar-refractivity contribution is 5.86. The van der Waals surface area contributed by atoms with Crippen molar-refractivity contribution in [2.24, 2.45) is 0 Å². The normalized spacial score (nSPS) is 15.1. The van der Waals surface area contributed by atoms with E-state index in [9.17, 15) is 4.39 Å². The predicted octanol–water partition coefficient (Wildman–Crippen LogP) is 3.88. The highest BCUT2D eigenvalue weighted by atomic mass is 19.1. The quantitative estimate of drug-likeness (QED) is 0.772. The van der Waals surface area contributed by atoms with Crippen LogP contribution >= 0.6 is 0 Å². The summed E-state index contributed by atoms with van der Waals surface area (Å²) in [4.78, 5) is 4.59. The lowest BCUT2D eigenvalue weighted by molar-refractivity contribution is 0.285. The van der Waals surface area contributed by atoms with Crippen LogP contribution in [-0.2, 0) is 6.61 Å². The zero-order chi connectivity index (χ0) is 17.9. The number of hydrogen-bond acceptors (Lipinski definition) is 5. The average Bonchev–Trinajstić information content (AvgIpc) is 3.17. The minimum Gasteiger partial charge on any atom is -0.473 e. The highest BCUT2D eigenvalue weighted by Crippen LogP contribution is 2.28. The number of pyridine rings is 1. The van der Waals surface area contributed by atoms with Gasteiger partial charge in [-0.3, -0.25) is 0 Å². The lowest BCUT2D eigenvalue weighted by Gasteiger charge is -2.22. The van der Waals surface area contributed by atoms with Crippen LogP contribution in [0.3, 0.4) is 0 Å². The molecular weight excluding hydrogens is 333 g/mol. The summed E-state index contributed by atoms with van der Waals surface area (Å²) in [6.07, 6.45) is 3.55. The predicted molar refractivity (Wildman–Crippen MR) is 94.3 cm³/mol. The van der Waals surface area contributed by atoms with Crippen molar-refractivity contribution in [3.05, 3.63) is 59.2 Å². The molecule has 6 heteroatoms. The lowest BCUT2D eigenvalue weighted by atomic mass is 9.94. The minimum absolute atomic E-state index is 0.00969. The monoisotopic (exact) mass is 351 g/mol. The van der Waals surface area contributed by atoms with E-state index in [-0.39, 0.29) is 17.7 Å². The maximum atomic E-state index is 14.4. The number of halogens is 1. The van der Waals surface area contributed by atoms with E-state index >= 15 is 0 Å². The molecule has 0 aliphatic carbocycles. The fraction of sp³-hybridized carbons (Fsp3) is 0.300. The molecule has 1 aromatic carbocycles. The summed E-state index contributed by atoms with van der Waals surface area (Å²) in [5.74, 6) is 0.367. The van der Waals surface area contributed by atoms with Crippen LogP contribution in [-0.4, -0.2) is 18.1 Å². The second-order valence-corrected chi connectivity index (χ2v) is 6.37. The van der Waals surface area contributed by atoms with E-state index in [1.165, 1.54) is 12.3 Å². The van der Waals surface area contributed by atoms with E-state index in [0.29, 0.717) is 22.8 Å². The van der Waals surface area contributed by atoms with Crippen molar-refractivity contribution < 1.29 is 13.5 Å². The fourth-order valence-corrected chi connectivity index (χ4v) is 3.38. The van der Waals surface area contributed by atoms with Crippen molar-refractivity contribution >= 4 is 11.0 Å². The van der Waals surface area contributed by atoms with Crippen LogP contribution in [0.15, 0.2) is 41.0 Å². The first-order chi connectivity index (χ1) is 12.8. The molecule has 1 saturated heterocycles. The van der Waals surface area contributed by atoms with Crippen LogP contribution in [0.2, 0.25) is 0 Å².